The predicted octanol–water partition coefficient (Wildman–Crippen LogP) is 3.42. The zero-order valence-corrected chi connectivity index (χ0v) is 11.2. The molecule has 2 aromatic rings. The van der Waals surface area contributed by atoms with E-state index >= 15 is 0 Å². The molecule has 0 unspecified atom stereocenters. The van der Waals surface area contributed by atoms with Crippen molar-refractivity contribution in [1.29, 1.82) is 0 Å². The first kappa shape index (κ1) is 13.6. The van der Waals surface area contributed by atoms with Crippen LogP contribution in [0.4, 0.5) is 4.39 Å². The SMILES string of the molecule is CCNCc1ccc(COc2ccc(F)c(C)c2)o1. The summed E-state index contributed by atoms with van der Waals surface area (Å²) < 4.78 is 24.3. The van der Waals surface area contributed by atoms with E-state index < -0.39 is 0 Å². The topological polar surface area (TPSA) is 34.4 Å². The van der Waals surface area contributed by atoms with E-state index in [1.165, 1.54) is 6.07 Å². The van der Waals surface area contributed by atoms with Crippen molar-refractivity contribution in [2.75, 3.05) is 6.54 Å². The molecule has 1 aromatic carbocycles. The third-order valence-corrected chi connectivity index (χ3v) is 2.78. The molecule has 0 aliphatic rings. The summed E-state index contributed by atoms with van der Waals surface area (Å²) in [6.45, 7) is 5.72. The third kappa shape index (κ3) is 3.83. The van der Waals surface area contributed by atoms with Crippen molar-refractivity contribution in [3.8, 4) is 5.75 Å². The summed E-state index contributed by atoms with van der Waals surface area (Å²) in [6, 6.07) is 8.52. The lowest BCUT2D eigenvalue weighted by molar-refractivity contribution is 0.264. The van der Waals surface area contributed by atoms with Crippen LogP contribution in [0, 0.1) is 12.7 Å². The molecule has 1 aromatic heterocycles. The Kier molecular flexibility index (Phi) is 4.58. The van der Waals surface area contributed by atoms with Gasteiger partial charge in [0.25, 0.3) is 0 Å². The molecule has 2 rings (SSSR count). The second-order valence-corrected chi connectivity index (χ2v) is 4.35. The lowest BCUT2D eigenvalue weighted by atomic mass is 10.2. The Morgan fingerprint density at radius 1 is 1.21 bits per heavy atom. The molecule has 0 aliphatic carbocycles. The molecule has 0 aliphatic heterocycles. The van der Waals surface area contributed by atoms with Gasteiger partial charge in [-0.3, -0.25) is 0 Å². The van der Waals surface area contributed by atoms with Crippen molar-refractivity contribution in [3.05, 3.63) is 53.2 Å². The second kappa shape index (κ2) is 6.38. The number of furan rings is 1. The van der Waals surface area contributed by atoms with E-state index in [1.807, 2.05) is 19.1 Å². The normalized spacial score (nSPS) is 10.7. The highest BCUT2D eigenvalue weighted by molar-refractivity contribution is 5.28. The molecule has 0 atom stereocenters. The van der Waals surface area contributed by atoms with E-state index in [2.05, 4.69) is 5.32 Å². The smallest absolute Gasteiger partial charge is 0.146 e. The van der Waals surface area contributed by atoms with Crippen molar-refractivity contribution >= 4 is 0 Å². The average molecular weight is 263 g/mol. The van der Waals surface area contributed by atoms with Crippen molar-refractivity contribution in [1.82, 2.24) is 5.32 Å². The van der Waals surface area contributed by atoms with E-state index in [4.69, 9.17) is 9.15 Å². The molecule has 0 fully saturated rings. The van der Waals surface area contributed by atoms with E-state index in [0.29, 0.717) is 24.5 Å². The van der Waals surface area contributed by atoms with Gasteiger partial charge < -0.3 is 14.5 Å². The maximum atomic E-state index is 13.1. The first-order valence-corrected chi connectivity index (χ1v) is 6.36. The minimum absolute atomic E-state index is 0.224. The number of nitrogens with one attached hydrogen (secondary N) is 1. The molecule has 19 heavy (non-hydrogen) atoms. The maximum absolute atomic E-state index is 13.1. The van der Waals surface area contributed by atoms with E-state index in [1.54, 1.807) is 19.1 Å². The molecule has 1 N–H and O–H groups in total. The van der Waals surface area contributed by atoms with Gasteiger partial charge in [0.15, 0.2) is 0 Å². The Morgan fingerprint density at radius 3 is 2.74 bits per heavy atom. The molecule has 0 radical (unpaired) electrons. The average Bonchev–Trinajstić information content (AvgIpc) is 2.86. The summed E-state index contributed by atoms with van der Waals surface area (Å²) >= 11 is 0. The third-order valence-electron chi connectivity index (χ3n) is 2.78. The maximum Gasteiger partial charge on any atom is 0.146 e. The van der Waals surface area contributed by atoms with Crippen LogP contribution in [-0.2, 0) is 13.2 Å². The quantitative estimate of drug-likeness (QED) is 0.867. The molecule has 0 spiro atoms. The fraction of sp³-hybridized carbons (Fsp3) is 0.333. The van der Waals surface area contributed by atoms with Gasteiger partial charge in [-0.2, -0.15) is 0 Å². The zero-order chi connectivity index (χ0) is 13.7. The van der Waals surface area contributed by atoms with Crippen LogP contribution >= 0.6 is 0 Å². The van der Waals surface area contributed by atoms with Crippen LogP contribution < -0.4 is 10.1 Å². The van der Waals surface area contributed by atoms with Crippen molar-refractivity contribution < 1.29 is 13.5 Å². The molecular weight excluding hydrogens is 245 g/mol. The van der Waals surface area contributed by atoms with Gasteiger partial charge in [-0.15, -0.1) is 0 Å². The standard InChI is InChI=1S/C15H18FNO2/c1-3-17-9-13-4-5-14(19-13)10-18-12-6-7-15(16)11(2)8-12/h4-8,17H,3,9-10H2,1-2H3. The van der Waals surface area contributed by atoms with Crippen LogP contribution in [0.5, 0.6) is 5.75 Å². The summed E-state index contributed by atoms with van der Waals surface area (Å²) in [5.41, 5.74) is 0.574. The molecular formula is C15H18FNO2. The van der Waals surface area contributed by atoms with Gasteiger partial charge >= 0.3 is 0 Å². The summed E-state index contributed by atoms with van der Waals surface area (Å²) in [4.78, 5) is 0. The lowest BCUT2D eigenvalue weighted by Crippen LogP contribution is -2.10. The minimum atomic E-state index is -0.224. The highest BCUT2D eigenvalue weighted by Crippen LogP contribution is 2.18. The second-order valence-electron chi connectivity index (χ2n) is 4.35. The van der Waals surface area contributed by atoms with Gasteiger partial charge in [-0.1, -0.05) is 6.92 Å². The number of benzene rings is 1. The number of hydrogen-bond donors (Lipinski definition) is 1. The molecule has 1 heterocycles. The Hall–Kier alpha value is -1.81. The molecule has 0 saturated carbocycles. The van der Waals surface area contributed by atoms with Gasteiger partial charge in [0, 0.05) is 0 Å². The van der Waals surface area contributed by atoms with Crippen LogP contribution in [0.15, 0.2) is 34.7 Å². The Morgan fingerprint density at radius 2 is 2.00 bits per heavy atom. The minimum Gasteiger partial charge on any atom is -0.486 e. The monoisotopic (exact) mass is 263 g/mol. The number of aryl methyl sites for hydroxylation is 1. The molecule has 3 nitrogen and oxygen atoms in total. The highest BCUT2D eigenvalue weighted by Gasteiger charge is 2.04. The Balaban J connectivity index is 1.91. The van der Waals surface area contributed by atoms with E-state index in [-0.39, 0.29) is 5.82 Å². The van der Waals surface area contributed by atoms with Crippen LogP contribution in [0.1, 0.15) is 24.0 Å². The Bertz CT molecular complexity index is 537. The molecule has 4 heteroatoms. The molecule has 0 saturated heterocycles. The van der Waals surface area contributed by atoms with Crippen molar-refractivity contribution in [2.24, 2.45) is 0 Å². The van der Waals surface area contributed by atoms with Gasteiger partial charge in [0.05, 0.1) is 6.54 Å². The number of ether oxygens (including phenoxy) is 1. The predicted molar refractivity (Wildman–Crippen MR) is 71.6 cm³/mol. The van der Waals surface area contributed by atoms with Crippen molar-refractivity contribution in [2.45, 2.75) is 27.0 Å². The summed E-state index contributed by atoms with van der Waals surface area (Å²) in [5.74, 6) is 2.06. The van der Waals surface area contributed by atoms with Gasteiger partial charge in [-0.25, -0.2) is 4.39 Å². The number of halogens is 1. The summed E-state index contributed by atoms with van der Waals surface area (Å²) in [5, 5.41) is 3.19. The lowest BCUT2D eigenvalue weighted by Gasteiger charge is -2.05. The first-order chi connectivity index (χ1) is 9.19. The van der Waals surface area contributed by atoms with Crippen LogP contribution in [0.25, 0.3) is 0 Å². The fourth-order valence-electron chi connectivity index (χ4n) is 1.70. The number of rotatable bonds is 6. The van der Waals surface area contributed by atoms with Gasteiger partial charge in [-0.05, 0) is 49.4 Å². The fourth-order valence-corrected chi connectivity index (χ4v) is 1.70. The van der Waals surface area contributed by atoms with E-state index in [9.17, 15) is 4.39 Å². The molecule has 0 bridgehead atoms. The van der Waals surface area contributed by atoms with E-state index in [0.717, 1.165) is 18.1 Å². The highest BCUT2D eigenvalue weighted by atomic mass is 19.1. The molecule has 0 amide bonds. The largest absolute Gasteiger partial charge is 0.486 e. The summed E-state index contributed by atoms with van der Waals surface area (Å²) in [6.07, 6.45) is 0. The van der Waals surface area contributed by atoms with Crippen molar-refractivity contribution in [3.63, 3.8) is 0 Å². The van der Waals surface area contributed by atoms with Gasteiger partial charge in [0.2, 0.25) is 0 Å². The van der Waals surface area contributed by atoms with Crippen LogP contribution in [0.2, 0.25) is 0 Å². The summed E-state index contributed by atoms with van der Waals surface area (Å²) in [7, 11) is 0. The first-order valence-electron chi connectivity index (χ1n) is 6.36. The van der Waals surface area contributed by atoms with Crippen LogP contribution in [0.3, 0.4) is 0 Å². The Labute approximate surface area is 112 Å². The van der Waals surface area contributed by atoms with Gasteiger partial charge in [0.1, 0.15) is 29.7 Å². The van der Waals surface area contributed by atoms with Crippen LogP contribution in [-0.4, -0.2) is 6.54 Å². The number of hydrogen-bond acceptors (Lipinski definition) is 3. The zero-order valence-electron chi connectivity index (χ0n) is 11.2. The molecule has 102 valence electrons.